The maximum atomic E-state index is 10.9. The third kappa shape index (κ3) is 3.51. The van der Waals surface area contributed by atoms with Crippen molar-refractivity contribution in [3.05, 3.63) is 33.2 Å². The van der Waals surface area contributed by atoms with Crippen molar-refractivity contribution in [2.45, 2.75) is 6.92 Å². The zero-order valence-corrected chi connectivity index (χ0v) is 8.82. The summed E-state index contributed by atoms with van der Waals surface area (Å²) < 4.78 is 4.66. The average molecular weight is 227 g/mol. The van der Waals surface area contributed by atoms with Crippen LogP contribution in [-0.2, 0) is 9.53 Å². The number of ether oxygens (including phenoxy) is 1. The first-order chi connectivity index (χ1) is 7.13. The molecule has 0 aromatic carbocycles. The van der Waals surface area contributed by atoms with E-state index in [1.54, 1.807) is 13.0 Å². The Morgan fingerprint density at radius 3 is 2.93 bits per heavy atom. The number of carbonyl (C=O) groups excluding carboxylic acids is 1. The fraction of sp³-hybridized carbons (Fsp3) is 0.222. The maximum absolute atomic E-state index is 10.9. The lowest BCUT2D eigenvalue weighted by Gasteiger charge is -1.92. The van der Waals surface area contributed by atoms with Crippen LogP contribution in [0.4, 0.5) is 5.00 Å². The van der Waals surface area contributed by atoms with E-state index in [0.717, 1.165) is 11.3 Å². The van der Waals surface area contributed by atoms with Gasteiger partial charge in [-0.3, -0.25) is 10.1 Å². The van der Waals surface area contributed by atoms with Gasteiger partial charge in [-0.25, -0.2) is 4.79 Å². The van der Waals surface area contributed by atoms with Crippen molar-refractivity contribution in [2.24, 2.45) is 0 Å². The number of hydrogen-bond acceptors (Lipinski definition) is 5. The normalized spacial score (nSPS) is 10.5. The Kier molecular flexibility index (Phi) is 3.99. The fourth-order valence-corrected chi connectivity index (χ4v) is 1.59. The number of thiophene rings is 1. The minimum Gasteiger partial charge on any atom is -0.463 e. The van der Waals surface area contributed by atoms with Crippen molar-refractivity contribution in [3.8, 4) is 0 Å². The highest BCUT2D eigenvalue weighted by molar-refractivity contribution is 7.16. The second-order valence-corrected chi connectivity index (χ2v) is 3.61. The second-order valence-electron chi connectivity index (χ2n) is 2.52. The van der Waals surface area contributed by atoms with E-state index in [0.29, 0.717) is 11.5 Å². The molecule has 0 aliphatic carbocycles. The van der Waals surface area contributed by atoms with Crippen LogP contribution in [0.3, 0.4) is 0 Å². The van der Waals surface area contributed by atoms with Gasteiger partial charge in [-0.15, -0.1) is 0 Å². The van der Waals surface area contributed by atoms with E-state index in [4.69, 9.17) is 0 Å². The zero-order valence-electron chi connectivity index (χ0n) is 8.00. The van der Waals surface area contributed by atoms with E-state index in [1.165, 1.54) is 18.2 Å². The predicted octanol–water partition coefficient (Wildman–Crippen LogP) is 2.23. The lowest BCUT2D eigenvalue weighted by atomic mass is 10.4. The van der Waals surface area contributed by atoms with Crippen LogP contribution < -0.4 is 0 Å². The number of hydrogen-bond donors (Lipinski definition) is 0. The van der Waals surface area contributed by atoms with Crippen molar-refractivity contribution in [1.82, 2.24) is 0 Å². The molecule has 0 saturated carbocycles. The van der Waals surface area contributed by atoms with Crippen molar-refractivity contribution in [3.63, 3.8) is 0 Å². The molecule has 1 heterocycles. The van der Waals surface area contributed by atoms with Gasteiger partial charge in [-0.05, 0) is 19.1 Å². The van der Waals surface area contributed by atoms with Crippen LogP contribution in [0.15, 0.2) is 18.2 Å². The summed E-state index contributed by atoms with van der Waals surface area (Å²) in [5.74, 6) is -0.450. The molecule has 1 rings (SSSR count). The standard InChI is InChI=1S/C9H9NO4S/c1-2-14-9(11)6-4-7-3-5-8(15-7)10(12)13/h3-6H,2H2,1H3/b6-4+. The van der Waals surface area contributed by atoms with Crippen LogP contribution in [0.5, 0.6) is 0 Å². The summed E-state index contributed by atoms with van der Waals surface area (Å²) in [5, 5.41) is 10.4. The number of rotatable bonds is 4. The third-order valence-electron chi connectivity index (χ3n) is 1.46. The van der Waals surface area contributed by atoms with Crippen LogP contribution in [0.25, 0.3) is 6.08 Å². The van der Waals surface area contributed by atoms with Crippen molar-refractivity contribution >= 4 is 28.4 Å². The van der Waals surface area contributed by atoms with E-state index in [2.05, 4.69) is 4.74 Å². The van der Waals surface area contributed by atoms with E-state index in [1.807, 2.05) is 0 Å². The summed E-state index contributed by atoms with van der Waals surface area (Å²) in [6.07, 6.45) is 2.74. The largest absolute Gasteiger partial charge is 0.463 e. The molecule has 0 saturated heterocycles. The van der Waals surface area contributed by atoms with Gasteiger partial charge in [-0.2, -0.15) is 0 Å². The van der Waals surface area contributed by atoms with Gasteiger partial charge in [-0.1, -0.05) is 11.3 Å². The first kappa shape index (κ1) is 11.4. The molecular weight excluding hydrogens is 218 g/mol. The highest BCUT2D eigenvalue weighted by Crippen LogP contribution is 2.24. The van der Waals surface area contributed by atoms with Crippen molar-refractivity contribution in [2.75, 3.05) is 6.61 Å². The molecule has 0 atom stereocenters. The molecule has 1 aromatic heterocycles. The molecular formula is C9H9NO4S. The van der Waals surface area contributed by atoms with Gasteiger partial charge >= 0.3 is 11.0 Å². The Labute approximate surface area is 90.1 Å². The Balaban J connectivity index is 2.64. The van der Waals surface area contributed by atoms with Gasteiger partial charge in [0.15, 0.2) is 0 Å². The molecule has 0 spiro atoms. The van der Waals surface area contributed by atoms with Crippen molar-refractivity contribution < 1.29 is 14.5 Å². The van der Waals surface area contributed by atoms with Crippen molar-refractivity contribution in [1.29, 1.82) is 0 Å². The molecule has 0 radical (unpaired) electrons. The molecule has 6 heteroatoms. The Bertz CT molecular complexity index is 397. The summed E-state index contributed by atoms with van der Waals surface area (Å²) in [7, 11) is 0. The molecule has 0 N–H and O–H groups in total. The first-order valence-corrected chi connectivity index (χ1v) is 5.04. The van der Waals surface area contributed by atoms with E-state index in [-0.39, 0.29) is 5.00 Å². The van der Waals surface area contributed by atoms with Crippen LogP contribution in [0.2, 0.25) is 0 Å². The Hall–Kier alpha value is -1.69. The van der Waals surface area contributed by atoms with Gasteiger partial charge in [0, 0.05) is 17.0 Å². The van der Waals surface area contributed by atoms with Gasteiger partial charge in [0.05, 0.1) is 11.5 Å². The Morgan fingerprint density at radius 1 is 1.67 bits per heavy atom. The SMILES string of the molecule is CCOC(=O)/C=C/c1ccc([N+](=O)[O-])s1. The highest BCUT2D eigenvalue weighted by atomic mass is 32.1. The summed E-state index contributed by atoms with van der Waals surface area (Å²) in [4.78, 5) is 21.5. The van der Waals surface area contributed by atoms with E-state index < -0.39 is 10.9 Å². The number of carbonyl (C=O) groups is 1. The summed E-state index contributed by atoms with van der Waals surface area (Å²) in [6.45, 7) is 2.02. The average Bonchev–Trinajstić information content (AvgIpc) is 2.63. The third-order valence-corrected chi connectivity index (χ3v) is 2.46. The molecule has 5 nitrogen and oxygen atoms in total. The Morgan fingerprint density at radius 2 is 2.40 bits per heavy atom. The molecule has 0 bridgehead atoms. The molecule has 0 aliphatic heterocycles. The molecule has 15 heavy (non-hydrogen) atoms. The molecule has 0 unspecified atom stereocenters. The van der Waals surface area contributed by atoms with Crippen LogP contribution in [0.1, 0.15) is 11.8 Å². The maximum Gasteiger partial charge on any atom is 0.330 e. The van der Waals surface area contributed by atoms with E-state index in [9.17, 15) is 14.9 Å². The van der Waals surface area contributed by atoms with Gasteiger partial charge in [0.2, 0.25) is 0 Å². The summed E-state index contributed by atoms with van der Waals surface area (Å²) in [6, 6.07) is 2.98. The highest BCUT2D eigenvalue weighted by Gasteiger charge is 2.07. The smallest absolute Gasteiger partial charge is 0.330 e. The molecule has 80 valence electrons. The van der Waals surface area contributed by atoms with Gasteiger partial charge in [0.25, 0.3) is 0 Å². The zero-order chi connectivity index (χ0) is 11.3. The van der Waals surface area contributed by atoms with Crippen LogP contribution in [-0.4, -0.2) is 17.5 Å². The molecule has 1 aromatic rings. The molecule has 0 amide bonds. The number of esters is 1. The van der Waals surface area contributed by atoms with Gasteiger partial charge in [0.1, 0.15) is 0 Å². The first-order valence-electron chi connectivity index (χ1n) is 4.22. The summed E-state index contributed by atoms with van der Waals surface area (Å²) >= 11 is 1.01. The fourth-order valence-electron chi connectivity index (χ4n) is 0.870. The lowest BCUT2D eigenvalue weighted by molar-refractivity contribution is -0.380. The quantitative estimate of drug-likeness (QED) is 0.342. The number of nitrogens with zero attached hydrogens (tertiary/aromatic N) is 1. The molecule has 0 aliphatic rings. The summed E-state index contributed by atoms with van der Waals surface area (Å²) in [5.41, 5.74) is 0. The van der Waals surface area contributed by atoms with E-state index >= 15 is 0 Å². The minimum absolute atomic E-state index is 0.0542. The second kappa shape index (κ2) is 5.26. The lowest BCUT2D eigenvalue weighted by Crippen LogP contribution is -1.98. The minimum atomic E-state index is -0.466. The number of nitro groups is 1. The monoisotopic (exact) mass is 227 g/mol. The van der Waals surface area contributed by atoms with Crippen LogP contribution in [0, 0.1) is 10.1 Å². The molecule has 0 fully saturated rings. The topological polar surface area (TPSA) is 69.4 Å². The predicted molar refractivity (Wildman–Crippen MR) is 56.6 cm³/mol. The van der Waals surface area contributed by atoms with Crippen LogP contribution >= 0.6 is 11.3 Å². The van der Waals surface area contributed by atoms with Gasteiger partial charge < -0.3 is 4.74 Å².